The molecule has 3 rings (SSSR count). The molecule has 5 nitrogen and oxygen atoms in total. The second-order valence-corrected chi connectivity index (χ2v) is 6.59. The molecule has 2 heterocycles. The highest BCUT2D eigenvalue weighted by Crippen LogP contribution is 2.30. The van der Waals surface area contributed by atoms with Crippen LogP contribution >= 0.6 is 11.6 Å². The maximum absolute atomic E-state index is 12.8. The Morgan fingerprint density at radius 3 is 2.70 bits per heavy atom. The van der Waals surface area contributed by atoms with Gasteiger partial charge in [0.15, 0.2) is 0 Å². The lowest BCUT2D eigenvalue weighted by Gasteiger charge is -2.29. The normalized spacial score (nSPS) is 21.2. The summed E-state index contributed by atoms with van der Waals surface area (Å²) in [5, 5.41) is 0.660. The van der Waals surface area contributed by atoms with Gasteiger partial charge in [0.05, 0.1) is 5.92 Å². The number of hydrogen-bond donors (Lipinski definition) is 0. The molecule has 0 radical (unpaired) electrons. The van der Waals surface area contributed by atoms with Gasteiger partial charge in [-0.15, -0.1) is 0 Å². The fourth-order valence-electron chi connectivity index (χ4n) is 3.23. The quantitative estimate of drug-likeness (QED) is 0.788. The number of amides is 2. The van der Waals surface area contributed by atoms with Gasteiger partial charge in [0.25, 0.3) is 0 Å². The standard InChI is InChI=1S/C17H21ClN2O3/c1-12(21)19-5-2-6-20(8-7-19)17(22)14-9-13-10-15(18)3-4-16(13)23-11-14/h3-4,10,14H,2,5-9,11H2,1H3/t14-/m0/s1. The zero-order valence-electron chi connectivity index (χ0n) is 13.3. The van der Waals surface area contributed by atoms with Gasteiger partial charge in [-0.1, -0.05) is 11.6 Å². The molecule has 2 aliphatic rings. The predicted molar refractivity (Wildman–Crippen MR) is 87.6 cm³/mol. The van der Waals surface area contributed by atoms with E-state index in [9.17, 15) is 9.59 Å². The van der Waals surface area contributed by atoms with Crippen LogP contribution in [0, 0.1) is 5.92 Å². The van der Waals surface area contributed by atoms with Gasteiger partial charge in [-0.2, -0.15) is 0 Å². The number of rotatable bonds is 1. The molecule has 0 bridgehead atoms. The molecular weight excluding hydrogens is 316 g/mol. The lowest BCUT2D eigenvalue weighted by atomic mass is 9.95. The van der Waals surface area contributed by atoms with Crippen molar-refractivity contribution >= 4 is 23.4 Å². The van der Waals surface area contributed by atoms with Gasteiger partial charge >= 0.3 is 0 Å². The summed E-state index contributed by atoms with van der Waals surface area (Å²) >= 11 is 6.03. The summed E-state index contributed by atoms with van der Waals surface area (Å²) in [5.74, 6) is 0.826. The van der Waals surface area contributed by atoms with Crippen molar-refractivity contribution in [1.29, 1.82) is 0 Å². The number of halogens is 1. The first-order valence-electron chi connectivity index (χ1n) is 8.00. The minimum absolute atomic E-state index is 0.0730. The van der Waals surface area contributed by atoms with E-state index in [4.69, 9.17) is 16.3 Å². The summed E-state index contributed by atoms with van der Waals surface area (Å²) in [6, 6.07) is 5.53. The van der Waals surface area contributed by atoms with Crippen molar-refractivity contribution in [1.82, 2.24) is 9.80 Å². The number of hydrogen-bond acceptors (Lipinski definition) is 3. The number of ether oxygens (including phenoxy) is 1. The molecule has 0 saturated carbocycles. The Balaban J connectivity index is 1.66. The summed E-state index contributed by atoms with van der Waals surface area (Å²) in [6.45, 7) is 4.60. The average Bonchev–Trinajstić information content (AvgIpc) is 2.79. The van der Waals surface area contributed by atoms with E-state index < -0.39 is 0 Å². The molecule has 1 saturated heterocycles. The summed E-state index contributed by atoms with van der Waals surface area (Å²) in [7, 11) is 0. The number of carbonyl (C=O) groups excluding carboxylic acids is 2. The van der Waals surface area contributed by atoms with Crippen LogP contribution in [-0.2, 0) is 16.0 Å². The van der Waals surface area contributed by atoms with Gasteiger partial charge in [0.1, 0.15) is 12.4 Å². The smallest absolute Gasteiger partial charge is 0.229 e. The highest BCUT2D eigenvalue weighted by Gasteiger charge is 2.30. The van der Waals surface area contributed by atoms with Crippen LogP contribution in [0.15, 0.2) is 18.2 Å². The molecule has 2 amide bonds. The third-order valence-corrected chi connectivity index (χ3v) is 4.77. The van der Waals surface area contributed by atoms with Crippen LogP contribution in [0.5, 0.6) is 5.75 Å². The van der Waals surface area contributed by atoms with Crippen LogP contribution in [0.4, 0.5) is 0 Å². The Morgan fingerprint density at radius 2 is 1.91 bits per heavy atom. The number of carbonyl (C=O) groups is 2. The van der Waals surface area contributed by atoms with Crippen molar-refractivity contribution < 1.29 is 14.3 Å². The van der Waals surface area contributed by atoms with E-state index in [1.807, 2.05) is 17.0 Å². The zero-order chi connectivity index (χ0) is 16.4. The molecule has 1 aromatic carbocycles. The van der Waals surface area contributed by atoms with E-state index >= 15 is 0 Å². The van der Waals surface area contributed by atoms with Crippen LogP contribution in [0.2, 0.25) is 5.02 Å². The van der Waals surface area contributed by atoms with Crippen LogP contribution in [0.25, 0.3) is 0 Å². The molecule has 0 N–H and O–H groups in total. The van der Waals surface area contributed by atoms with Gasteiger partial charge in [0, 0.05) is 38.1 Å². The van der Waals surface area contributed by atoms with Crippen molar-refractivity contribution in [3.63, 3.8) is 0 Å². The first-order chi connectivity index (χ1) is 11.0. The van der Waals surface area contributed by atoms with Gasteiger partial charge in [0.2, 0.25) is 11.8 Å². The summed E-state index contributed by atoms with van der Waals surface area (Å²) < 4.78 is 5.72. The molecule has 0 spiro atoms. The van der Waals surface area contributed by atoms with E-state index in [1.165, 1.54) is 0 Å². The fourth-order valence-corrected chi connectivity index (χ4v) is 3.43. The minimum Gasteiger partial charge on any atom is -0.492 e. The Morgan fingerprint density at radius 1 is 1.17 bits per heavy atom. The Labute approximate surface area is 141 Å². The lowest BCUT2D eigenvalue weighted by Crippen LogP contribution is -2.43. The zero-order valence-corrected chi connectivity index (χ0v) is 14.0. The van der Waals surface area contributed by atoms with E-state index in [0.29, 0.717) is 37.7 Å². The van der Waals surface area contributed by atoms with E-state index in [1.54, 1.807) is 17.9 Å². The van der Waals surface area contributed by atoms with Crippen LogP contribution in [0.3, 0.4) is 0 Å². The first kappa shape index (κ1) is 16.1. The molecular formula is C17H21ClN2O3. The van der Waals surface area contributed by atoms with Crippen LogP contribution in [-0.4, -0.2) is 54.4 Å². The second-order valence-electron chi connectivity index (χ2n) is 6.15. The highest BCUT2D eigenvalue weighted by atomic mass is 35.5. The average molecular weight is 337 g/mol. The van der Waals surface area contributed by atoms with Gasteiger partial charge in [-0.25, -0.2) is 0 Å². The molecule has 124 valence electrons. The highest BCUT2D eigenvalue weighted by molar-refractivity contribution is 6.30. The minimum atomic E-state index is -0.176. The van der Waals surface area contributed by atoms with Crippen molar-refractivity contribution in [2.75, 3.05) is 32.8 Å². The van der Waals surface area contributed by atoms with Gasteiger partial charge < -0.3 is 14.5 Å². The molecule has 0 unspecified atom stereocenters. The van der Waals surface area contributed by atoms with Crippen LogP contribution in [0.1, 0.15) is 18.9 Å². The largest absolute Gasteiger partial charge is 0.492 e. The molecule has 1 fully saturated rings. The predicted octanol–water partition coefficient (Wildman–Crippen LogP) is 1.97. The topological polar surface area (TPSA) is 49.9 Å². The molecule has 0 aliphatic carbocycles. The number of nitrogens with zero attached hydrogens (tertiary/aromatic N) is 2. The monoisotopic (exact) mass is 336 g/mol. The maximum Gasteiger partial charge on any atom is 0.229 e. The Bertz CT molecular complexity index is 620. The van der Waals surface area contributed by atoms with Crippen molar-refractivity contribution in [3.05, 3.63) is 28.8 Å². The second kappa shape index (κ2) is 6.79. The van der Waals surface area contributed by atoms with Gasteiger partial charge in [-0.3, -0.25) is 9.59 Å². The summed E-state index contributed by atoms with van der Waals surface area (Å²) in [5.41, 5.74) is 0.988. The third-order valence-electron chi connectivity index (χ3n) is 4.53. The van der Waals surface area contributed by atoms with Gasteiger partial charge in [-0.05, 0) is 36.6 Å². The van der Waals surface area contributed by atoms with E-state index in [0.717, 1.165) is 24.3 Å². The molecule has 0 aromatic heterocycles. The Kier molecular flexibility index (Phi) is 4.76. The van der Waals surface area contributed by atoms with Crippen molar-refractivity contribution in [2.24, 2.45) is 5.92 Å². The molecule has 23 heavy (non-hydrogen) atoms. The molecule has 1 atom stereocenters. The Hall–Kier alpha value is -1.75. The lowest BCUT2D eigenvalue weighted by molar-refractivity contribution is -0.137. The van der Waals surface area contributed by atoms with Crippen LogP contribution < -0.4 is 4.74 Å². The molecule has 1 aromatic rings. The van der Waals surface area contributed by atoms with E-state index in [2.05, 4.69) is 0 Å². The third kappa shape index (κ3) is 3.61. The van der Waals surface area contributed by atoms with E-state index in [-0.39, 0.29) is 17.7 Å². The SMILES string of the molecule is CC(=O)N1CCCN(C(=O)[C@@H]2COc3ccc(Cl)cc3C2)CC1. The number of fused-ring (bicyclic) bond motifs is 1. The first-order valence-corrected chi connectivity index (χ1v) is 8.38. The molecule has 2 aliphatic heterocycles. The fraction of sp³-hybridized carbons (Fsp3) is 0.529. The summed E-state index contributed by atoms with van der Waals surface area (Å²) in [4.78, 5) is 27.9. The summed E-state index contributed by atoms with van der Waals surface area (Å²) in [6.07, 6.45) is 1.48. The van der Waals surface area contributed by atoms with Crippen molar-refractivity contribution in [2.45, 2.75) is 19.8 Å². The molecule has 6 heteroatoms. The number of benzene rings is 1. The maximum atomic E-state index is 12.8. The van der Waals surface area contributed by atoms with Crippen molar-refractivity contribution in [3.8, 4) is 5.75 Å².